The minimum Gasteiger partial charge on any atom is -0.378 e. The van der Waals surface area contributed by atoms with Crippen molar-refractivity contribution >= 4 is 5.91 Å². The Bertz CT molecular complexity index is 239. The lowest BCUT2D eigenvalue weighted by Gasteiger charge is -2.51. The summed E-state index contributed by atoms with van der Waals surface area (Å²) in [6.07, 6.45) is 1.14. The Balaban J connectivity index is 2.45. The standard InChI is InChI=1S/C11H22N2O2/c1-5-15-9-6-8(11(9,3)4)13-10(14)7(2)12/h7-9H,5-6,12H2,1-4H3,(H,13,14)/t7-,8?,9?/m1/s1. The van der Waals surface area contributed by atoms with Gasteiger partial charge in [0.2, 0.25) is 5.91 Å². The van der Waals surface area contributed by atoms with Crippen LogP contribution >= 0.6 is 0 Å². The van der Waals surface area contributed by atoms with Crippen LogP contribution in [0.3, 0.4) is 0 Å². The van der Waals surface area contributed by atoms with Crippen LogP contribution in [-0.2, 0) is 9.53 Å². The first kappa shape index (κ1) is 12.5. The molecule has 0 aromatic heterocycles. The minimum atomic E-state index is -0.438. The molecule has 4 nitrogen and oxygen atoms in total. The summed E-state index contributed by atoms with van der Waals surface area (Å²) in [6, 6.07) is -0.250. The molecule has 88 valence electrons. The van der Waals surface area contributed by atoms with Gasteiger partial charge in [-0.3, -0.25) is 4.79 Å². The van der Waals surface area contributed by atoms with Gasteiger partial charge >= 0.3 is 0 Å². The van der Waals surface area contributed by atoms with Gasteiger partial charge in [0.15, 0.2) is 0 Å². The molecule has 3 atom stereocenters. The van der Waals surface area contributed by atoms with E-state index in [4.69, 9.17) is 10.5 Å². The highest BCUT2D eigenvalue weighted by Gasteiger charge is 2.49. The molecule has 0 spiro atoms. The smallest absolute Gasteiger partial charge is 0.236 e. The third-order valence-electron chi connectivity index (χ3n) is 3.28. The topological polar surface area (TPSA) is 64.3 Å². The predicted molar refractivity (Wildman–Crippen MR) is 59.4 cm³/mol. The summed E-state index contributed by atoms with van der Waals surface area (Å²) >= 11 is 0. The predicted octanol–water partition coefficient (Wildman–Crippen LogP) is 0.653. The lowest BCUT2D eigenvalue weighted by Crippen LogP contribution is -2.63. The zero-order valence-corrected chi connectivity index (χ0v) is 10.0. The molecule has 1 saturated carbocycles. The minimum absolute atomic E-state index is 0.0144. The van der Waals surface area contributed by atoms with Gasteiger partial charge in [-0.1, -0.05) is 13.8 Å². The molecule has 4 heteroatoms. The summed E-state index contributed by atoms with van der Waals surface area (Å²) in [5, 5.41) is 2.95. The number of carbonyl (C=O) groups is 1. The molecule has 1 amide bonds. The van der Waals surface area contributed by atoms with Gasteiger partial charge in [0.05, 0.1) is 12.1 Å². The van der Waals surface area contributed by atoms with E-state index in [0.29, 0.717) is 0 Å². The van der Waals surface area contributed by atoms with Crippen LogP contribution in [-0.4, -0.2) is 30.7 Å². The quantitative estimate of drug-likeness (QED) is 0.722. The van der Waals surface area contributed by atoms with Crippen molar-refractivity contribution in [3.05, 3.63) is 0 Å². The first-order chi connectivity index (χ1) is 6.89. The van der Waals surface area contributed by atoms with E-state index in [1.807, 2.05) is 6.92 Å². The molecule has 0 saturated heterocycles. The highest BCUT2D eigenvalue weighted by atomic mass is 16.5. The number of hydrogen-bond acceptors (Lipinski definition) is 3. The van der Waals surface area contributed by atoms with E-state index >= 15 is 0 Å². The van der Waals surface area contributed by atoms with Crippen molar-refractivity contribution in [3.8, 4) is 0 Å². The number of rotatable bonds is 4. The van der Waals surface area contributed by atoms with Crippen LogP contribution in [0.25, 0.3) is 0 Å². The Morgan fingerprint density at radius 2 is 2.27 bits per heavy atom. The Morgan fingerprint density at radius 1 is 1.67 bits per heavy atom. The van der Waals surface area contributed by atoms with E-state index in [9.17, 15) is 4.79 Å². The lowest BCUT2D eigenvalue weighted by atomic mass is 9.64. The maximum atomic E-state index is 11.4. The second-order valence-electron chi connectivity index (χ2n) is 4.85. The average molecular weight is 214 g/mol. The molecule has 1 aliphatic rings. The molecule has 0 bridgehead atoms. The van der Waals surface area contributed by atoms with Crippen molar-refractivity contribution in [2.45, 2.75) is 52.3 Å². The van der Waals surface area contributed by atoms with Gasteiger partial charge in [-0.05, 0) is 20.3 Å². The summed E-state index contributed by atoms with van der Waals surface area (Å²) in [6.45, 7) is 8.64. The van der Waals surface area contributed by atoms with Crippen molar-refractivity contribution in [2.75, 3.05) is 6.61 Å². The molecule has 3 N–H and O–H groups in total. The Kier molecular flexibility index (Phi) is 3.73. The van der Waals surface area contributed by atoms with E-state index in [1.54, 1.807) is 6.92 Å². The highest BCUT2D eigenvalue weighted by Crippen LogP contribution is 2.42. The number of carbonyl (C=O) groups excluding carboxylic acids is 1. The first-order valence-corrected chi connectivity index (χ1v) is 5.57. The average Bonchev–Trinajstić information content (AvgIpc) is 2.16. The lowest BCUT2D eigenvalue weighted by molar-refractivity contribution is -0.137. The second-order valence-corrected chi connectivity index (χ2v) is 4.85. The molecule has 1 rings (SSSR count). The Labute approximate surface area is 91.5 Å². The molecule has 1 fully saturated rings. The van der Waals surface area contributed by atoms with E-state index < -0.39 is 6.04 Å². The molecule has 0 aromatic rings. The van der Waals surface area contributed by atoms with Crippen LogP contribution in [0, 0.1) is 5.41 Å². The highest BCUT2D eigenvalue weighted by molar-refractivity contribution is 5.81. The van der Waals surface area contributed by atoms with Crippen LogP contribution in [0.2, 0.25) is 0 Å². The number of nitrogens with one attached hydrogen (secondary N) is 1. The van der Waals surface area contributed by atoms with E-state index in [0.717, 1.165) is 13.0 Å². The van der Waals surface area contributed by atoms with Gasteiger partial charge in [0.25, 0.3) is 0 Å². The number of amides is 1. The summed E-state index contributed by atoms with van der Waals surface area (Å²) in [5.74, 6) is -0.0805. The molecular formula is C11H22N2O2. The SMILES string of the molecule is CCOC1CC(NC(=O)[C@@H](C)N)C1(C)C. The van der Waals surface area contributed by atoms with Crippen LogP contribution < -0.4 is 11.1 Å². The maximum Gasteiger partial charge on any atom is 0.236 e. The molecule has 0 radical (unpaired) electrons. The largest absolute Gasteiger partial charge is 0.378 e. The van der Waals surface area contributed by atoms with Crippen molar-refractivity contribution in [1.29, 1.82) is 0 Å². The van der Waals surface area contributed by atoms with Gasteiger partial charge < -0.3 is 15.8 Å². The third kappa shape index (κ3) is 2.49. The van der Waals surface area contributed by atoms with Crippen LogP contribution in [0.15, 0.2) is 0 Å². The molecule has 2 unspecified atom stereocenters. The normalized spacial score (nSPS) is 30.5. The fourth-order valence-corrected chi connectivity index (χ4v) is 1.92. The molecule has 0 heterocycles. The third-order valence-corrected chi connectivity index (χ3v) is 3.28. The van der Waals surface area contributed by atoms with Gasteiger partial charge in [-0.15, -0.1) is 0 Å². The van der Waals surface area contributed by atoms with Crippen LogP contribution in [0.5, 0.6) is 0 Å². The Morgan fingerprint density at radius 3 is 2.67 bits per heavy atom. The monoisotopic (exact) mass is 214 g/mol. The number of ether oxygens (including phenoxy) is 1. The van der Waals surface area contributed by atoms with Crippen LogP contribution in [0.4, 0.5) is 0 Å². The number of hydrogen-bond donors (Lipinski definition) is 2. The maximum absolute atomic E-state index is 11.4. The second kappa shape index (κ2) is 4.49. The fourth-order valence-electron chi connectivity index (χ4n) is 1.92. The van der Waals surface area contributed by atoms with E-state index in [2.05, 4.69) is 19.2 Å². The zero-order chi connectivity index (χ0) is 11.6. The van der Waals surface area contributed by atoms with Crippen molar-refractivity contribution in [2.24, 2.45) is 11.1 Å². The molecule has 0 aliphatic heterocycles. The number of nitrogens with two attached hydrogens (primary N) is 1. The van der Waals surface area contributed by atoms with Gasteiger partial charge in [0.1, 0.15) is 0 Å². The molecule has 0 aromatic carbocycles. The van der Waals surface area contributed by atoms with E-state index in [1.165, 1.54) is 0 Å². The summed E-state index contributed by atoms with van der Waals surface area (Å²) in [7, 11) is 0. The molecule has 1 aliphatic carbocycles. The van der Waals surface area contributed by atoms with Gasteiger partial charge in [-0.25, -0.2) is 0 Å². The van der Waals surface area contributed by atoms with Crippen LogP contribution in [0.1, 0.15) is 34.1 Å². The van der Waals surface area contributed by atoms with E-state index in [-0.39, 0.29) is 23.5 Å². The summed E-state index contributed by atoms with van der Waals surface area (Å²) < 4.78 is 5.58. The molecular weight excluding hydrogens is 192 g/mol. The fraction of sp³-hybridized carbons (Fsp3) is 0.909. The molecule has 15 heavy (non-hydrogen) atoms. The van der Waals surface area contributed by atoms with Crippen molar-refractivity contribution < 1.29 is 9.53 Å². The van der Waals surface area contributed by atoms with Crippen molar-refractivity contribution in [3.63, 3.8) is 0 Å². The Hall–Kier alpha value is -0.610. The summed E-state index contributed by atoms with van der Waals surface area (Å²) in [5.41, 5.74) is 5.52. The summed E-state index contributed by atoms with van der Waals surface area (Å²) in [4.78, 5) is 11.4. The van der Waals surface area contributed by atoms with Crippen molar-refractivity contribution in [1.82, 2.24) is 5.32 Å². The van der Waals surface area contributed by atoms with Gasteiger partial charge in [0, 0.05) is 18.1 Å². The first-order valence-electron chi connectivity index (χ1n) is 5.57. The zero-order valence-electron chi connectivity index (χ0n) is 10.0. The van der Waals surface area contributed by atoms with Gasteiger partial charge in [-0.2, -0.15) is 0 Å².